The molecule has 2 N–H and O–H groups in total. The van der Waals surface area contributed by atoms with Crippen LogP contribution >= 0.6 is 11.6 Å². The maximum atomic E-state index is 5.81. The fourth-order valence-electron chi connectivity index (χ4n) is 1.42. The normalized spacial score (nSPS) is 10.3. The quantitative estimate of drug-likeness (QED) is 0.921. The molecule has 0 aliphatic rings. The number of nitrogen functional groups attached to an aromatic ring is 1. The molecule has 0 amide bonds. The van der Waals surface area contributed by atoms with Gasteiger partial charge in [0.2, 0.25) is 0 Å². The number of hydrogen-bond acceptors (Lipinski definition) is 4. The van der Waals surface area contributed by atoms with Crippen LogP contribution in [-0.4, -0.2) is 16.6 Å². The molecule has 5 heteroatoms. The average molecular weight is 264 g/mol. The van der Waals surface area contributed by atoms with E-state index in [9.17, 15) is 0 Å². The van der Waals surface area contributed by atoms with Gasteiger partial charge in [0, 0.05) is 23.2 Å². The van der Waals surface area contributed by atoms with E-state index in [0.29, 0.717) is 18.4 Å². The molecule has 1 aromatic carbocycles. The Morgan fingerprint density at radius 3 is 2.67 bits per heavy atom. The van der Waals surface area contributed by atoms with Gasteiger partial charge in [-0.15, -0.1) is 0 Å². The number of nitrogens with two attached hydrogens (primary N) is 1. The van der Waals surface area contributed by atoms with Gasteiger partial charge in [-0.3, -0.25) is 0 Å². The van der Waals surface area contributed by atoms with Crippen LogP contribution < -0.4 is 10.5 Å². The van der Waals surface area contributed by atoms with Crippen LogP contribution in [0.25, 0.3) is 0 Å². The maximum Gasteiger partial charge on any atom is 0.318 e. The van der Waals surface area contributed by atoms with E-state index in [2.05, 4.69) is 9.97 Å². The highest BCUT2D eigenvalue weighted by atomic mass is 35.5. The molecule has 0 radical (unpaired) electrons. The lowest BCUT2D eigenvalue weighted by atomic mass is 10.2. The summed E-state index contributed by atoms with van der Waals surface area (Å²) >= 11 is 5.81. The van der Waals surface area contributed by atoms with Crippen LogP contribution in [0.15, 0.2) is 30.5 Å². The van der Waals surface area contributed by atoms with Crippen molar-refractivity contribution in [1.82, 2.24) is 9.97 Å². The van der Waals surface area contributed by atoms with Gasteiger partial charge in [0.05, 0.1) is 6.61 Å². The summed E-state index contributed by atoms with van der Waals surface area (Å²) in [5.41, 5.74) is 7.67. The van der Waals surface area contributed by atoms with Crippen LogP contribution in [0.2, 0.25) is 5.02 Å². The summed E-state index contributed by atoms with van der Waals surface area (Å²) in [5.74, 6) is 0.450. The number of benzene rings is 1. The lowest BCUT2D eigenvalue weighted by molar-refractivity contribution is 0.296. The number of rotatable bonds is 4. The van der Waals surface area contributed by atoms with Crippen molar-refractivity contribution in [2.24, 2.45) is 0 Å². The number of anilines is 1. The number of hydrogen-bond donors (Lipinski definition) is 1. The molecule has 18 heavy (non-hydrogen) atoms. The zero-order valence-electron chi connectivity index (χ0n) is 10.1. The molecule has 0 fully saturated rings. The molecule has 4 nitrogen and oxygen atoms in total. The molecule has 0 atom stereocenters. The average Bonchev–Trinajstić information content (AvgIpc) is 2.36. The molecule has 1 aromatic heterocycles. The van der Waals surface area contributed by atoms with Gasteiger partial charge in [-0.25, -0.2) is 4.98 Å². The molecule has 0 bridgehead atoms. The minimum atomic E-state index is 0.312. The first-order chi connectivity index (χ1) is 8.65. The smallest absolute Gasteiger partial charge is 0.318 e. The molecule has 2 rings (SSSR count). The first-order valence-corrected chi connectivity index (χ1v) is 5.99. The fraction of sp³-hybridized carbons (Fsp3) is 0.231. The Morgan fingerprint density at radius 1 is 1.28 bits per heavy atom. The molecule has 0 unspecified atom stereocenters. The second kappa shape index (κ2) is 5.69. The van der Waals surface area contributed by atoms with E-state index in [0.717, 1.165) is 22.6 Å². The van der Waals surface area contributed by atoms with Crippen molar-refractivity contribution in [2.45, 2.75) is 13.3 Å². The van der Waals surface area contributed by atoms with Crippen molar-refractivity contribution in [3.05, 3.63) is 46.6 Å². The maximum absolute atomic E-state index is 5.81. The minimum Gasteiger partial charge on any atom is -0.463 e. The molecule has 0 aliphatic carbocycles. The fourth-order valence-corrected chi connectivity index (χ4v) is 1.55. The first-order valence-electron chi connectivity index (χ1n) is 5.61. The Kier molecular flexibility index (Phi) is 3.99. The summed E-state index contributed by atoms with van der Waals surface area (Å²) in [4.78, 5) is 8.09. The second-order valence-corrected chi connectivity index (χ2v) is 4.38. The first kappa shape index (κ1) is 12.6. The van der Waals surface area contributed by atoms with Crippen molar-refractivity contribution in [2.75, 3.05) is 12.3 Å². The van der Waals surface area contributed by atoms with Crippen molar-refractivity contribution in [1.29, 1.82) is 0 Å². The molecular formula is C13H14ClN3O. The third-order valence-corrected chi connectivity index (χ3v) is 2.78. The van der Waals surface area contributed by atoms with E-state index in [4.69, 9.17) is 22.1 Å². The van der Waals surface area contributed by atoms with E-state index in [1.165, 1.54) is 0 Å². The Balaban J connectivity index is 1.88. The summed E-state index contributed by atoms with van der Waals surface area (Å²) < 4.78 is 5.44. The van der Waals surface area contributed by atoms with E-state index >= 15 is 0 Å². The highest BCUT2D eigenvalue weighted by Crippen LogP contribution is 2.12. The molecular weight excluding hydrogens is 250 g/mol. The Labute approximate surface area is 111 Å². The largest absolute Gasteiger partial charge is 0.463 e. The number of aryl methyl sites for hydroxylation is 1. The molecule has 94 valence electrons. The number of halogens is 1. The van der Waals surface area contributed by atoms with Crippen molar-refractivity contribution >= 4 is 17.4 Å². The monoisotopic (exact) mass is 263 g/mol. The zero-order valence-corrected chi connectivity index (χ0v) is 10.8. The van der Waals surface area contributed by atoms with Crippen LogP contribution in [0, 0.1) is 6.92 Å². The minimum absolute atomic E-state index is 0.312. The Hall–Kier alpha value is -1.81. The number of aromatic nitrogens is 2. The predicted octanol–water partition coefficient (Wildman–Crippen LogP) is 2.64. The lowest BCUT2D eigenvalue weighted by Gasteiger charge is -2.06. The van der Waals surface area contributed by atoms with Crippen LogP contribution in [0.1, 0.15) is 11.1 Å². The molecule has 0 saturated carbocycles. The van der Waals surface area contributed by atoms with Crippen LogP contribution in [0.3, 0.4) is 0 Å². The van der Waals surface area contributed by atoms with Crippen LogP contribution in [0.4, 0.5) is 5.82 Å². The standard InChI is InChI=1S/C13H14ClN3O/c1-9-8-16-13(17-12(9)15)18-7-6-10-2-4-11(14)5-3-10/h2-5,8H,6-7H2,1H3,(H2,15,16,17). The van der Waals surface area contributed by atoms with E-state index in [1.54, 1.807) is 6.20 Å². The van der Waals surface area contributed by atoms with Gasteiger partial charge in [-0.2, -0.15) is 4.98 Å². The zero-order chi connectivity index (χ0) is 13.0. The van der Waals surface area contributed by atoms with Crippen LogP contribution in [-0.2, 0) is 6.42 Å². The molecule has 1 heterocycles. The second-order valence-electron chi connectivity index (χ2n) is 3.95. The molecule has 0 saturated heterocycles. The van der Waals surface area contributed by atoms with E-state index in [1.807, 2.05) is 31.2 Å². The molecule has 2 aromatic rings. The van der Waals surface area contributed by atoms with Gasteiger partial charge >= 0.3 is 6.01 Å². The van der Waals surface area contributed by atoms with Gasteiger partial charge in [0.15, 0.2) is 0 Å². The summed E-state index contributed by atoms with van der Waals surface area (Å²) in [6, 6.07) is 7.97. The van der Waals surface area contributed by atoms with Crippen LogP contribution in [0.5, 0.6) is 6.01 Å². The third kappa shape index (κ3) is 3.34. The SMILES string of the molecule is Cc1cnc(OCCc2ccc(Cl)cc2)nc1N. The van der Waals surface area contributed by atoms with Gasteiger partial charge in [-0.05, 0) is 24.6 Å². The highest BCUT2D eigenvalue weighted by molar-refractivity contribution is 6.30. The summed E-state index contributed by atoms with van der Waals surface area (Å²) in [6.07, 6.45) is 2.42. The van der Waals surface area contributed by atoms with Crippen molar-refractivity contribution in [3.63, 3.8) is 0 Å². The van der Waals surface area contributed by atoms with Gasteiger partial charge in [-0.1, -0.05) is 23.7 Å². The van der Waals surface area contributed by atoms with Gasteiger partial charge < -0.3 is 10.5 Å². The van der Waals surface area contributed by atoms with E-state index < -0.39 is 0 Å². The topological polar surface area (TPSA) is 61.0 Å². The van der Waals surface area contributed by atoms with E-state index in [-0.39, 0.29) is 0 Å². The Bertz CT molecular complexity index is 528. The van der Waals surface area contributed by atoms with Gasteiger partial charge in [0.25, 0.3) is 0 Å². The molecule has 0 spiro atoms. The predicted molar refractivity (Wildman–Crippen MR) is 71.8 cm³/mol. The summed E-state index contributed by atoms with van der Waals surface area (Å²) in [6.45, 7) is 2.36. The highest BCUT2D eigenvalue weighted by Gasteiger charge is 2.01. The van der Waals surface area contributed by atoms with Gasteiger partial charge in [0.1, 0.15) is 5.82 Å². The summed E-state index contributed by atoms with van der Waals surface area (Å²) in [7, 11) is 0. The third-order valence-electron chi connectivity index (χ3n) is 2.52. The number of nitrogens with zero attached hydrogens (tertiary/aromatic N) is 2. The lowest BCUT2D eigenvalue weighted by Crippen LogP contribution is -2.06. The molecule has 0 aliphatic heterocycles. The number of ether oxygens (including phenoxy) is 1. The van der Waals surface area contributed by atoms with Crippen molar-refractivity contribution in [3.8, 4) is 6.01 Å². The van der Waals surface area contributed by atoms with Crippen molar-refractivity contribution < 1.29 is 4.74 Å². The summed E-state index contributed by atoms with van der Waals surface area (Å²) in [5, 5.41) is 0.731. The Morgan fingerprint density at radius 2 is 2.00 bits per heavy atom.